The predicted molar refractivity (Wildman–Crippen MR) is 87.1 cm³/mol. The van der Waals surface area contributed by atoms with E-state index in [0.717, 1.165) is 26.1 Å². The lowest BCUT2D eigenvalue weighted by molar-refractivity contribution is -0.120. The summed E-state index contributed by atoms with van der Waals surface area (Å²) in [6.45, 7) is 4.70. The highest BCUT2D eigenvalue weighted by atomic mass is 35.5. The zero-order chi connectivity index (χ0) is 14.4. The van der Waals surface area contributed by atoms with E-state index in [4.69, 9.17) is 4.74 Å². The Bertz CT molecular complexity index is 459. The van der Waals surface area contributed by atoms with E-state index in [1.807, 2.05) is 0 Å². The molecule has 118 valence electrons. The van der Waals surface area contributed by atoms with E-state index in [2.05, 4.69) is 41.8 Å². The highest BCUT2D eigenvalue weighted by molar-refractivity contribution is 5.85. The van der Waals surface area contributed by atoms with Crippen LogP contribution in [-0.4, -0.2) is 39.3 Å². The number of rotatable bonds is 5. The van der Waals surface area contributed by atoms with Crippen molar-refractivity contribution in [3.8, 4) is 0 Å². The molecule has 1 aliphatic heterocycles. The van der Waals surface area contributed by atoms with E-state index in [1.165, 1.54) is 11.1 Å². The van der Waals surface area contributed by atoms with Crippen molar-refractivity contribution in [2.45, 2.75) is 25.2 Å². The first kappa shape index (κ1) is 18.0. The lowest BCUT2D eigenvalue weighted by Crippen LogP contribution is -2.46. The average molecular weight is 313 g/mol. The zero-order valence-corrected chi connectivity index (χ0v) is 13.6. The Labute approximate surface area is 133 Å². The van der Waals surface area contributed by atoms with Crippen LogP contribution in [-0.2, 0) is 14.9 Å². The van der Waals surface area contributed by atoms with Crippen molar-refractivity contribution in [3.63, 3.8) is 0 Å². The van der Waals surface area contributed by atoms with E-state index in [9.17, 15) is 4.79 Å². The Hall–Kier alpha value is -1.10. The molecule has 1 aliphatic rings. The van der Waals surface area contributed by atoms with Crippen LogP contribution < -0.4 is 10.6 Å². The van der Waals surface area contributed by atoms with E-state index in [0.29, 0.717) is 13.1 Å². The lowest BCUT2D eigenvalue weighted by atomic mass is 9.72. The molecule has 0 aliphatic carbocycles. The largest absolute Gasteiger partial charge is 0.381 e. The van der Waals surface area contributed by atoms with Gasteiger partial charge in [0.2, 0.25) is 5.91 Å². The molecule has 1 aromatic carbocycles. The molecular weight excluding hydrogens is 288 g/mol. The van der Waals surface area contributed by atoms with Crippen molar-refractivity contribution in [1.82, 2.24) is 10.6 Å². The molecular formula is C16H25ClN2O2. The fourth-order valence-electron chi connectivity index (χ4n) is 2.96. The van der Waals surface area contributed by atoms with Gasteiger partial charge in [-0.2, -0.15) is 0 Å². The second kappa shape index (κ2) is 8.37. The standard InChI is InChI=1S/C16H24N2O2.ClH/c1-13-5-3-4-6-14(13)16(7-9-20-10-8-16)12-18-15(19)11-17-2;/h3-6,17H,7-12H2,1-2H3,(H,18,19);1H. The van der Waals surface area contributed by atoms with Gasteiger partial charge in [-0.15, -0.1) is 12.4 Å². The number of aryl methyl sites for hydroxylation is 1. The summed E-state index contributed by atoms with van der Waals surface area (Å²) in [5.74, 6) is 0.0481. The van der Waals surface area contributed by atoms with Gasteiger partial charge in [-0.05, 0) is 37.9 Å². The molecule has 2 rings (SSSR count). The number of likely N-dealkylation sites (N-methyl/N-ethyl adjacent to an activating group) is 1. The average Bonchev–Trinajstić information content (AvgIpc) is 2.47. The van der Waals surface area contributed by atoms with Crippen LogP contribution in [0.1, 0.15) is 24.0 Å². The van der Waals surface area contributed by atoms with Gasteiger partial charge in [0.15, 0.2) is 0 Å². The molecule has 0 atom stereocenters. The van der Waals surface area contributed by atoms with Crippen LogP contribution in [0.3, 0.4) is 0 Å². The minimum absolute atomic E-state index is 0. The highest BCUT2D eigenvalue weighted by Crippen LogP contribution is 2.36. The number of carbonyl (C=O) groups is 1. The van der Waals surface area contributed by atoms with Crippen molar-refractivity contribution in [3.05, 3.63) is 35.4 Å². The van der Waals surface area contributed by atoms with Gasteiger partial charge < -0.3 is 15.4 Å². The fourth-order valence-corrected chi connectivity index (χ4v) is 2.96. The van der Waals surface area contributed by atoms with Gasteiger partial charge >= 0.3 is 0 Å². The molecule has 0 aromatic heterocycles. The quantitative estimate of drug-likeness (QED) is 0.871. The van der Waals surface area contributed by atoms with Crippen LogP contribution in [0.4, 0.5) is 0 Å². The van der Waals surface area contributed by atoms with Gasteiger partial charge in [0.05, 0.1) is 6.54 Å². The first-order valence-electron chi connectivity index (χ1n) is 7.23. The number of ether oxygens (including phenoxy) is 1. The van der Waals surface area contributed by atoms with Gasteiger partial charge in [-0.3, -0.25) is 4.79 Å². The molecule has 1 amide bonds. The third-order valence-corrected chi connectivity index (χ3v) is 4.13. The van der Waals surface area contributed by atoms with E-state index in [1.54, 1.807) is 7.05 Å². The number of halogens is 1. The number of carbonyl (C=O) groups excluding carboxylic acids is 1. The minimum atomic E-state index is 0. The number of hydrogen-bond donors (Lipinski definition) is 2. The lowest BCUT2D eigenvalue weighted by Gasteiger charge is -2.39. The summed E-state index contributed by atoms with van der Waals surface area (Å²) in [6.07, 6.45) is 1.91. The van der Waals surface area contributed by atoms with Crippen molar-refractivity contribution >= 4 is 18.3 Å². The second-order valence-corrected chi connectivity index (χ2v) is 5.51. The zero-order valence-electron chi connectivity index (χ0n) is 12.8. The third kappa shape index (κ3) is 4.43. The first-order valence-corrected chi connectivity index (χ1v) is 7.23. The van der Waals surface area contributed by atoms with E-state index < -0.39 is 0 Å². The Morgan fingerprint density at radius 2 is 1.95 bits per heavy atom. The van der Waals surface area contributed by atoms with Crippen LogP contribution in [0.15, 0.2) is 24.3 Å². The number of benzene rings is 1. The SMILES string of the molecule is CNCC(=O)NCC1(c2ccccc2C)CCOCC1.Cl. The van der Waals surface area contributed by atoms with Gasteiger partial charge in [0.25, 0.3) is 0 Å². The van der Waals surface area contributed by atoms with Crippen molar-refractivity contribution in [2.24, 2.45) is 0 Å². The van der Waals surface area contributed by atoms with Crippen LogP contribution in [0.2, 0.25) is 0 Å². The van der Waals surface area contributed by atoms with Crippen molar-refractivity contribution in [1.29, 1.82) is 0 Å². The Morgan fingerprint density at radius 3 is 2.57 bits per heavy atom. The summed E-state index contributed by atoms with van der Waals surface area (Å²) < 4.78 is 5.52. The maximum Gasteiger partial charge on any atom is 0.233 e. The summed E-state index contributed by atoms with van der Waals surface area (Å²) >= 11 is 0. The second-order valence-electron chi connectivity index (χ2n) is 5.51. The normalized spacial score (nSPS) is 16.9. The van der Waals surface area contributed by atoms with Gasteiger partial charge in [-0.1, -0.05) is 24.3 Å². The molecule has 1 fully saturated rings. The Kier molecular flexibility index (Phi) is 7.15. The van der Waals surface area contributed by atoms with Gasteiger partial charge in [-0.25, -0.2) is 0 Å². The van der Waals surface area contributed by atoms with E-state index >= 15 is 0 Å². The molecule has 5 heteroatoms. The molecule has 0 radical (unpaired) electrons. The maximum absolute atomic E-state index is 11.7. The summed E-state index contributed by atoms with van der Waals surface area (Å²) in [7, 11) is 1.78. The Balaban J connectivity index is 0.00000220. The number of nitrogens with one attached hydrogen (secondary N) is 2. The molecule has 1 aromatic rings. The predicted octanol–water partition coefficient (Wildman–Crippen LogP) is 1.80. The summed E-state index contributed by atoms with van der Waals surface area (Å²) in [5, 5.41) is 5.94. The molecule has 21 heavy (non-hydrogen) atoms. The molecule has 1 heterocycles. The summed E-state index contributed by atoms with van der Waals surface area (Å²) in [4.78, 5) is 11.7. The first-order chi connectivity index (χ1) is 9.68. The number of amides is 1. The topological polar surface area (TPSA) is 50.4 Å². The highest BCUT2D eigenvalue weighted by Gasteiger charge is 2.35. The monoisotopic (exact) mass is 312 g/mol. The third-order valence-electron chi connectivity index (χ3n) is 4.13. The fraction of sp³-hybridized carbons (Fsp3) is 0.562. The molecule has 4 nitrogen and oxygen atoms in total. The maximum atomic E-state index is 11.7. The van der Waals surface area contributed by atoms with Gasteiger partial charge in [0.1, 0.15) is 0 Å². The smallest absolute Gasteiger partial charge is 0.233 e. The molecule has 0 bridgehead atoms. The van der Waals surface area contributed by atoms with Crippen LogP contribution in [0.5, 0.6) is 0 Å². The molecule has 2 N–H and O–H groups in total. The molecule has 0 spiro atoms. The van der Waals surface area contributed by atoms with Crippen LogP contribution in [0, 0.1) is 6.92 Å². The Morgan fingerprint density at radius 1 is 1.29 bits per heavy atom. The van der Waals surface area contributed by atoms with Crippen LogP contribution in [0.25, 0.3) is 0 Å². The minimum Gasteiger partial charge on any atom is -0.381 e. The van der Waals surface area contributed by atoms with Gasteiger partial charge in [0, 0.05) is 25.2 Å². The summed E-state index contributed by atoms with van der Waals surface area (Å²) in [6, 6.07) is 8.47. The van der Waals surface area contributed by atoms with Crippen molar-refractivity contribution in [2.75, 3.05) is 33.4 Å². The molecule has 0 saturated carbocycles. The van der Waals surface area contributed by atoms with Crippen LogP contribution >= 0.6 is 12.4 Å². The van der Waals surface area contributed by atoms with Crippen molar-refractivity contribution < 1.29 is 9.53 Å². The number of hydrogen-bond acceptors (Lipinski definition) is 3. The summed E-state index contributed by atoms with van der Waals surface area (Å²) in [5.41, 5.74) is 2.64. The van der Waals surface area contributed by atoms with E-state index in [-0.39, 0.29) is 23.7 Å². The molecule has 1 saturated heterocycles. The molecule has 0 unspecified atom stereocenters.